The Kier molecular flexibility index (Phi) is 6.15. The van der Waals surface area contributed by atoms with Crippen molar-refractivity contribution in [1.29, 1.82) is 0 Å². The van der Waals surface area contributed by atoms with Crippen LogP contribution in [0.1, 0.15) is 23.6 Å². The van der Waals surface area contributed by atoms with Gasteiger partial charge in [-0.3, -0.25) is 0 Å². The third kappa shape index (κ3) is 4.25. The van der Waals surface area contributed by atoms with E-state index in [0.717, 1.165) is 23.2 Å². The number of nitrogens with zero attached hydrogens (tertiary/aromatic N) is 1. The van der Waals surface area contributed by atoms with Gasteiger partial charge in [-0.2, -0.15) is 0 Å². The summed E-state index contributed by atoms with van der Waals surface area (Å²) in [6.07, 6.45) is 0. The summed E-state index contributed by atoms with van der Waals surface area (Å²) in [5.41, 5.74) is 2.65. The molecule has 0 bridgehead atoms. The largest absolute Gasteiger partial charge is 0.358 e. The van der Waals surface area contributed by atoms with E-state index in [4.69, 9.17) is 12.2 Å². The van der Waals surface area contributed by atoms with Gasteiger partial charge < -0.3 is 4.90 Å². The number of aryl methyl sites for hydroxylation is 1. The molecule has 1 aromatic heterocycles. The van der Waals surface area contributed by atoms with Crippen LogP contribution in [0.2, 0.25) is 0 Å². The topological polar surface area (TPSA) is 3.24 Å². The first kappa shape index (κ1) is 18.4. The first-order valence-electron chi connectivity index (χ1n) is 8.62. The van der Waals surface area contributed by atoms with E-state index in [1.807, 2.05) is 11.3 Å². The second-order valence-corrected chi connectivity index (χ2v) is 8.93. The van der Waals surface area contributed by atoms with Crippen LogP contribution in [0.5, 0.6) is 0 Å². The first-order chi connectivity index (χ1) is 12.1. The summed E-state index contributed by atoms with van der Waals surface area (Å²) in [4.78, 5) is 5.01. The predicted molar refractivity (Wildman–Crippen MR) is 119 cm³/mol. The lowest BCUT2D eigenvalue weighted by atomic mass is 10.0. The zero-order valence-electron chi connectivity index (χ0n) is 14.9. The number of rotatable bonds is 5. The average molecular weight is 386 g/mol. The van der Waals surface area contributed by atoms with Crippen molar-refractivity contribution in [3.63, 3.8) is 0 Å². The highest BCUT2D eigenvalue weighted by molar-refractivity contribution is 8.22. The molecule has 0 aliphatic rings. The third-order valence-corrected chi connectivity index (χ3v) is 7.12. The highest BCUT2D eigenvalue weighted by Crippen LogP contribution is 2.35. The van der Waals surface area contributed by atoms with Gasteiger partial charge in [0.15, 0.2) is 0 Å². The SMILES string of the molecule is CCN(CC)C(=S)SCc1sc(C)cc1-c1ccc2ccccc2c1. The van der Waals surface area contributed by atoms with Gasteiger partial charge >= 0.3 is 0 Å². The minimum Gasteiger partial charge on any atom is -0.358 e. The lowest BCUT2D eigenvalue weighted by Crippen LogP contribution is -2.26. The van der Waals surface area contributed by atoms with Crippen LogP contribution in [0.15, 0.2) is 48.5 Å². The standard InChI is InChI=1S/C21H23NS3/c1-4-22(5-2)21(23)24-14-20-19(12-15(3)25-20)18-11-10-16-8-6-7-9-17(16)13-18/h6-13H,4-5,14H2,1-3H3. The molecular formula is C21H23NS3. The van der Waals surface area contributed by atoms with Gasteiger partial charge in [0.05, 0.1) is 0 Å². The van der Waals surface area contributed by atoms with Crippen molar-refractivity contribution in [2.24, 2.45) is 0 Å². The molecule has 0 spiro atoms. The van der Waals surface area contributed by atoms with E-state index < -0.39 is 0 Å². The van der Waals surface area contributed by atoms with Crippen molar-refractivity contribution in [1.82, 2.24) is 4.90 Å². The molecule has 0 radical (unpaired) electrons. The molecule has 25 heavy (non-hydrogen) atoms. The molecule has 0 amide bonds. The van der Waals surface area contributed by atoms with Crippen LogP contribution in [0.4, 0.5) is 0 Å². The van der Waals surface area contributed by atoms with Crippen LogP contribution >= 0.6 is 35.3 Å². The van der Waals surface area contributed by atoms with Crippen molar-refractivity contribution in [3.8, 4) is 11.1 Å². The summed E-state index contributed by atoms with van der Waals surface area (Å²) in [6.45, 7) is 8.46. The van der Waals surface area contributed by atoms with Gasteiger partial charge in [0.2, 0.25) is 0 Å². The van der Waals surface area contributed by atoms with Gasteiger partial charge in [-0.1, -0.05) is 60.4 Å². The predicted octanol–water partition coefficient (Wildman–Crippen LogP) is 6.74. The lowest BCUT2D eigenvalue weighted by molar-refractivity contribution is 0.482. The summed E-state index contributed by atoms with van der Waals surface area (Å²) >= 11 is 9.26. The van der Waals surface area contributed by atoms with Crippen LogP contribution in [-0.2, 0) is 5.75 Å². The zero-order valence-corrected chi connectivity index (χ0v) is 17.4. The van der Waals surface area contributed by atoms with Crippen LogP contribution in [0, 0.1) is 6.92 Å². The van der Waals surface area contributed by atoms with Gasteiger partial charge in [0.1, 0.15) is 4.32 Å². The van der Waals surface area contributed by atoms with Gasteiger partial charge in [-0.05, 0) is 54.8 Å². The second kappa shape index (κ2) is 8.35. The fourth-order valence-corrected chi connectivity index (χ4v) is 5.52. The molecule has 0 unspecified atom stereocenters. The second-order valence-electron chi connectivity index (χ2n) is 5.98. The maximum absolute atomic E-state index is 5.60. The Bertz CT molecular complexity index is 878. The van der Waals surface area contributed by atoms with E-state index >= 15 is 0 Å². The molecule has 3 rings (SSSR count). The van der Waals surface area contributed by atoms with E-state index in [0.29, 0.717) is 0 Å². The highest BCUT2D eigenvalue weighted by Gasteiger charge is 2.13. The minimum atomic E-state index is 0.940. The van der Waals surface area contributed by atoms with Crippen molar-refractivity contribution < 1.29 is 0 Å². The summed E-state index contributed by atoms with van der Waals surface area (Å²) in [5.74, 6) is 0.940. The van der Waals surface area contributed by atoms with Crippen LogP contribution in [-0.4, -0.2) is 22.3 Å². The van der Waals surface area contributed by atoms with Crippen LogP contribution in [0.3, 0.4) is 0 Å². The molecule has 0 aliphatic heterocycles. The van der Waals surface area contributed by atoms with Gasteiger partial charge in [0, 0.05) is 28.6 Å². The van der Waals surface area contributed by atoms with E-state index in [9.17, 15) is 0 Å². The summed E-state index contributed by atoms with van der Waals surface area (Å²) < 4.78 is 1.00. The van der Waals surface area contributed by atoms with Crippen molar-refractivity contribution in [2.75, 3.05) is 13.1 Å². The smallest absolute Gasteiger partial charge is 0.136 e. The molecule has 0 saturated heterocycles. The van der Waals surface area contributed by atoms with Crippen LogP contribution in [0.25, 0.3) is 21.9 Å². The molecule has 1 nitrogen and oxygen atoms in total. The molecule has 0 saturated carbocycles. The minimum absolute atomic E-state index is 0.940. The maximum atomic E-state index is 5.60. The monoisotopic (exact) mass is 385 g/mol. The Balaban J connectivity index is 1.86. The van der Waals surface area contributed by atoms with Gasteiger partial charge in [-0.25, -0.2) is 0 Å². The van der Waals surface area contributed by atoms with Crippen molar-refractivity contribution in [2.45, 2.75) is 26.5 Å². The van der Waals surface area contributed by atoms with E-state index in [2.05, 4.69) is 74.2 Å². The number of hydrogen-bond donors (Lipinski definition) is 0. The summed E-state index contributed by atoms with van der Waals surface area (Å²) in [7, 11) is 0. The normalized spacial score (nSPS) is 11.0. The quantitative estimate of drug-likeness (QED) is 0.448. The summed E-state index contributed by atoms with van der Waals surface area (Å²) in [5, 5.41) is 2.58. The summed E-state index contributed by atoms with van der Waals surface area (Å²) in [6, 6.07) is 17.6. The Hall–Kier alpha value is -1.36. The van der Waals surface area contributed by atoms with E-state index in [1.165, 1.54) is 31.7 Å². The molecule has 0 fully saturated rings. The zero-order chi connectivity index (χ0) is 17.8. The fraction of sp³-hybridized carbons (Fsp3) is 0.286. The Morgan fingerprint density at radius 1 is 1.04 bits per heavy atom. The van der Waals surface area contributed by atoms with Crippen molar-refractivity contribution in [3.05, 3.63) is 58.3 Å². The average Bonchev–Trinajstić information content (AvgIpc) is 3.01. The highest BCUT2D eigenvalue weighted by atomic mass is 32.2. The molecule has 0 aliphatic carbocycles. The maximum Gasteiger partial charge on any atom is 0.136 e. The van der Waals surface area contributed by atoms with Crippen molar-refractivity contribution >= 4 is 50.4 Å². The van der Waals surface area contributed by atoms with Gasteiger partial charge in [-0.15, -0.1) is 11.3 Å². The Labute approximate surface area is 164 Å². The van der Waals surface area contributed by atoms with E-state index in [-0.39, 0.29) is 0 Å². The molecule has 3 aromatic rings. The molecule has 1 heterocycles. The first-order valence-corrected chi connectivity index (χ1v) is 10.8. The fourth-order valence-electron chi connectivity index (χ4n) is 2.97. The molecule has 0 N–H and O–H groups in total. The van der Waals surface area contributed by atoms with Gasteiger partial charge in [0.25, 0.3) is 0 Å². The molecule has 130 valence electrons. The molecule has 0 atom stereocenters. The third-order valence-electron chi connectivity index (χ3n) is 4.34. The van der Waals surface area contributed by atoms with E-state index in [1.54, 1.807) is 11.8 Å². The Morgan fingerprint density at radius 2 is 1.76 bits per heavy atom. The molecule has 2 aromatic carbocycles. The molecular weight excluding hydrogens is 362 g/mol. The number of hydrogen-bond acceptors (Lipinski definition) is 3. The number of thiocarbonyl (C=S) groups is 1. The number of benzene rings is 2. The lowest BCUT2D eigenvalue weighted by Gasteiger charge is -2.20. The number of fused-ring (bicyclic) bond motifs is 1. The Morgan fingerprint density at radius 3 is 2.48 bits per heavy atom. The number of thiophene rings is 1. The van der Waals surface area contributed by atoms with Crippen LogP contribution < -0.4 is 0 Å². The molecule has 4 heteroatoms. The number of thioether (sulfide) groups is 1.